The zero-order valence-electron chi connectivity index (χ0n) is 15.6. The van der Waals surface area contributed by atoms with Crippen molar-refractivity contribution in [3.63, 3.8) is 0 Å². The summed E-state index contributed by atoms with van der Waals surface area (Å²) in [7, 11) is -1.53. The summed E-state index contributed by atoms with van der Waals surface area (Å²) in [5.41, 5.74) is 0.851. The minimum absolute atomic E-state index is 0.0538. The Morgan fingerprint density at radius 2 is 1.85 bits per heavy atom. The van der Waals surface area contributed by atoms with Gasteiger partial charge in [0.05, 0.1) is 17.2 Å². The summed E-state index contributed by atoms with van der Waals surface area (Å²) in [6.45, 7) is 2.25. The molecule has 0 aliphatic heterocycles. The van der Waals surface area contributed by atoms with Crippen LogP contribution in [0.1, 0.15) is 41.9 Å². The minimum Gasteiger partial charge on any atom is -0.459 e. The maximum absolute atomic E-state index is 12.4. The van der Waals surface area contributed by atoms with Gasteiger partial charge < -0.3 is 14.6 Å². The fourth-order valence-corrected chi connectivity index (χ4v) is 3.18. The van der Waals surface area contributed by atoms with Crippen LogP contribution < -0.4 is 5.32 Å². The molecule has 2 rings (SSSR count). The highest BCUT2D eigenvalue weighted by Crippen LogP contribution is 2.21. The second kappa shape index (κ2) is 8.85. The fraction of sp³-hybridized carbons (Fsp3) is 0.368. The Labute approximate surface area is 159 Å². The number of carbonyl (C=O) groups is 2. The lowest BCUT2D eigenvalue weighted by Crippen LogP contribution is -2.31. The molecule has 27 heavy (non-hydrogen) atoms. The van der Waals surface area contributed by atoms with Gasteiger partial charge in [0.15, 0.2) is 15.6 Å². The zero-order valence-corrected chi connectivity index (χ0v) is 16.5. The van der Waals surface area contributed by atoms with E-state index in [9.17, 15) is 18.0 Å². The Hall–Kier alpha value is -2.61. The minimum atomic E-state index is -3.24. The van der Waals surface area contributed by atoms with Gasteiger partial charge in [-0.15, -0.1) is 0 Å². The van der Waals surface area contributed by atoms with E-state index in [-0.39, 0.29) is 28.5 Å². The van der Waals surface area contributed by atoms with Crippen LogP contribution in [-0.4, -0.2) is 45.0 Å². The van der Waals surface area contributed by atoms with Crippen LogP contribution in [0.25, 0.3) is 0 Å². The molecular weight excluding hydrogens is 368 g/mol. The van der Waals surface area contributed by atoms with Crippen LogP contribution in [0.5, 0.6) is 0 Å². The SMILES string of the molecule is CC(c1ccc(S(C)(=O)=O)cc1)N(C)C(=O)CCCNC(=O)c1ccco1. The van der Waals surface area contributed by atoms with E-state index in [4.69, 9.17) is 4.42 Å². The molecule has 1 unspecified atom stereocenters. The quantitative estimate of drug-likeness (QED) is 0.696. The molecule has 0 radical (unpaired) electrons. The van der Waals surface area contributed by atoms with Crippen LogP contribution in [-0.2, 0) is 14.6 Å². The van der Waals surface area contributed by atoms with Crippen molar-refractivity contribution in [2.45, 2.75) is 30.7 Å². The predicted octanol–water partition coefficient (Wildman–Crippen LogP) is 2.41. The van der Waals surface area contributed by atoms with Gasteiger partial charge in [0.1, 0.15) is 0 Å². The first-order chi connectivity index (χ1) is 12.7. The van der Waals surface area contributed by atoms with Gasteiger partial charge in [0.2, 0.25) is 5.91 Å². The molecule has 1 N–H and O–H groups in total. The highest BCUT2D eigenvalue weighted by Gasteiger charge is 2.18. The molecule has 0 spiro atoms. The predicted molar refractivity (Wildman–Crippen MR) is 101 cm³/mol. The van der Waals surface area contributed by atoms with Gasteiger partial charge in [0.25, 0.3) is 5.91 Å². The van der Waals surface area contributed by atoms with Crippen molar-refractivity contribution in [2.24, 2.45) is 0 Å². The number of rotatable bonds is 8. The molecule has 146 valence electrons. The standard InChI is InChI=1S/C19H24N2O5S/c1-14(15-8-10-16(11-9-15)27(3,24)25)21(2)18(22)7-4-12-20-19(23)17-6-5-13-26-17/h5-6,8-11,13-14H,4,7,12H2,1-3H3,(H,20,23). The van der Waals surface area contributed by atoms with Crippen LogP contribution in [0, 0.1) is 0 Å². The molecule has 0 saturated carbocycles. The van der Waals surface area contributed by atoms with E-state index in [0.717, 1.165) is 11.8 Å². The summed E-state index contributed by atoms with van der Waals surface area (Å²) in [5, 5.41) is 2.70. The first-order valence-corrected chi connectivity index (χ1v) is 10.5. The summed E-state index contributed by atoms with van der Waals surface area (Å²) >= 11 is 0. The van der Waals surface area contributed by atoms with Gasteiger partial charge in [-0.05, 0) is 43.2 Å². The van der Waals surface area contributed by atoms with Crippen LogP contribution >= 0.6 is 0 Å². The molecule has 1 aromatic heterocycles. The molecule has 0 fully saturated rings. The molecule has 2 amide bonds. The second-order valence-corrected chi connectivity index (χ2v) is 8.37. The van der Waals surface area contributed by atoms with Crippen LogP contribution in [0.3, 0.4) is 0 Å². The lowest BCUT2D eigenvalue weighted by molar-refractivity contribution is -0.131. The molecule has 0 saturated heterocycles. The molecule has 7 nitrogen and oxygen atoms in total. The molecule has 1 heterocycles. The molecule has 1 atom stereocenters. The lowest BCUT2D eigenvalue weighted by atomic mass is 10.1. The third-order valence-electron chi connectivity index (χ3n) is 4.36. The van der Waals surface area contributed by atoms with Crippen molar-refractivity contribution < 1.29 is 22.4 Å². The number of amides is 2. The molecule has 0 aliphatic carbocycles. The van der Waals surface area contributed by atoms with Crippen LogP contribution in [0.2, 0.25) is 0 Å². The van der Waals surface area contributed by atoms with Gasteiger partial charge in [-0.2, -0.15) is 0 Å². The summed E-state index contributed by atoms with van der Waals surface area (Å²) in [6, 6.07) is 9.54. The van der Waals surface area contributed by atoms with Crippen molar-refractivity contribution in [3.05, 3.63) is 54.0 Å². The maximum Gasteiger partial charge on any atom is 0.286 e. The van der Waals surface area contributed by atoms with E-state index >= 15 is 0 Å². The topological polar surface area (TPSA) is 96.7 Å². The van der Waals surface area contributed by atoms with Gasteiger partial charge in [-0.3, -0.25) is 9.59 Å². The number of nitrogens with one attached hydrogen (secondary N) is 1. The third-order valence-corrected chi connectivity index (χ3v) is 5.49. The van der Waals surface area contributed by atoms with E-state index in [0.29, 0.717) is 19.4 Å². The first kappa shape index (κ1) is 20.7. The van der Waals surface area contributed by atoms with Gasteiger partial charge in [-0.25, -0.2) is 8.42 Å². The molecule has 0 aliphatic rings. The van der Waals surface area contributed by atoms with E-state index < -0.39 is 9.84 Å². The normalized spacial score (nSPS) is 12.4. The number of nitrogens with zero attached hydrogens (tertiary/aromatic N) is 1. The number of furan rings is 1. The molecular formula is C19H24N2O5S. The Bertz CT molecular complexity index is 873. The summed E-state index contributed by atoms with van der Waals surface area (Å²) in [6.07, 6.45) is 3.39. The van der Waals surface area contributed by atoms with Gasteiger partial charge >= 0.3 is 0 Å². The first-order valence-electron chi connectivity index (χ1n) is 8.57. The largest absolute Gasteiger partial charge is 0.459 e. The fourth-order valence-electron chi connectivity index (χ4n) is 2.55. The van der Waals surface area contributed by atoms with Crippen LogP contribution in [0.4, 0.5) is 0 Å². The van der Waals surface area contributed by atoms with E-state index in [2.05, 4.69) is 5.32 Å². The average molecular weight is 392 g/mol. The monoisotopic (exact) mass is 392 g/mol. The molecule has 8 heteroatoms. The zero-order chi connectivity index (χ0) is 20.0. The van der Waals surface area contributed by atoms with Gasteiger partial charge in [0, 0.05) is 26.3 Å². The number of sulfone groups is 1. The van der Waals surface area contributed by atoms with Crippen molar-refractivity contribution in [1.82, 2.24) is 10.2 Å². The highest BCUT2D eigenvalue weighted by atomic mass is 32.2. The highest BCUT2D eigenvalue weighted by molar-refractivity contribution is 7.90. The molecule has 1 aromatic carbocycles. The maximum atomic E-state index is 12.4. The number of hydrogen-bond acceptors (Lipinski definition) is 5. The smallest absolute Gasteiger partial charge is 0.286 e. The summed E-state index contributed by atoms with van der Waals surface area (Å²) < 4.78 is 28.0. The van der Waals surface area contributed by atoms with Crippen molar-refractivity contribution in [2.75, 3.05) is 19.8 Å². The van der Waals surface area contributed by atoms with E-state index in [1.54, 1.807) is 48.3 Å². The number of benzene rings is 1. The average Bonchev–Trinajstić information content (AvgIpc) is 3.18. The third kappa shape index (κ3) is 5.68. The Kier molecular flexibility index (Phi) is 6.79. The van der Waals surface area contributed by atoms with Gasteiger partial charge in [-0.1, -0.05) is 12.1 Å². The lowest BCUT2D eigenvalue weighted by Gasteiger charge is -2.25. The van der Waals surface area contributed by atoms with Crippen molar-refractivity contribution in [3.8, 4) is 0 Å². The second-order valence-electron chi connectivity index (χ2n) is 6.36. The molecule has 0 bridgehead atoms. The summed E-state index contributed by atoms with van der Waals surface area (Å²) in [4.78, 5) is 26.0. The van der Waals surface area contributed by atoms with E-state index in [1.807, 2.05) is 6.92 Å². The summed E-state index contributed by atoms with van der Waals surface area (Å²) in [5.74, 6) is -0.119. The number of carbonyl (C=O) groups excluding carboxylic acids is 2. The Balaban J connectivity index is 1.82. The van der Waals surface area contributed by atoms with E-state index in [1.165, 1.54) is 6.26 Å². The van der Waals surface area contributed by atoms with Crippen molar-refractivity contribution in [1.29, 1.82) is 0 Å². The Morgan fingerprint density at radius 3 is 2.41 bits per heavy atom. The van der Waals surface area contributed by atoms with Crippen molar-refractivity contribution >= 4 is 21.7 Å². The van der Waals surface area contributed by atoms with Crippen LogP contribution in [0.15, 0.2) is 52.0 Å². The Morgan fingerprint density at radius 1 is 1.19 bits per heavy atom. The molecule has 2 aromatic rings. The number of hydrogen-bond donors (Lipinski definition) is 1.